The summed E-state index contributed by atoms with van der Waals surface area (Å²) >= 11 is 1.83. The van der Waals surface area contributed by atoms with Crippen LogP contribution in [0.25, 0.3) is 11.4 Å². The molecule has 0 aliphatic carbocycles. The number of benzene rings is 1. The number of rotatable bonds is 1. The van der Waals surface area contributed by atoms with E-state index in [0.29, 0.717) is 0 Å². The largest absolute Gasteiger partial charge is 0.236 e. The second kappa shape index (κ2) is 3.91. The molecule has 0 atom stereocenters. The van der Waals surface area contributed by atoms with Gasteiger partial charge >= 0.3 is 0 Å². The molecule has 0 spiro atoms. The molecule has 16 heavy (non-hydrogen) atoms. The number of hydrogen-bond donors (Lipinski definition) is 0. The van der Waals surface area contributed by atoms with Gasteiger partial charge in [-0.05, 0) is 13.3 Å². The summed E-state index contributed by atoms with van der Waals surface area (Å²) in [5.41, 5.74) is 3.65. The summed E-state index contributed by atoms with van der Waals surface area (Å²) in [4.78, 5) is 9.03. The zero-order valence-corrected chi connectivity index (χ0v) is 9.92. The highest BCUT2D eigenvalue weighted by molar-refractivity contribution is 7.99. The van der Waals surface area contributed by atoms with Crippen LogP contribution in [0.15, 0.2) is 35.5 Å². The molecule has 0 bridgehead atoms. The molecule has 2 aromatic rings. The van der Waals surface area contributed by atoms with Crippen LogP contribution in [0.5, 0.6) is 0 Å². The van der Waals surface area contributed by atoms with Crippen LogP contribution in [0.1, 0.15) is 11.1 Å². The van der Waals surface area contributed by atoms with E-state index in [1.165, 1.54) is 11.1 Å². The van der Waals surface area contributed by atoms with Gasteiger partial charge in [-0.1, -0.05) is 29.8 Å². The number of hydrogen-bond acceptors (Lipinski definition) is 3. The summed E-state index contributed by atoms with van der Waals surface area (Å²) in [7, 11) is 0. The van der Waals surface area contributed by atoms with Crippen molar-refractivity contribution in [1.82, 2.24) is 9.97 Å². The van der Waals surface area contributed by atoms with Crippen molar-refractivity contribution in [2.24, 2.45) is 0 Å². The van der Waals surface area contributed by atoms with E-state index in [-0.39, 0.29) is 0 Å². The predicted molar refractivity (Wildman–Crippen MR) is 66.6 cm³/mol. The minimum atomic E-state index is 0.841. The van der Waals surface area contributed by atoms with Crippen LogP contribution < -0.4 is 0 Å². The lowest BCUT2D eigenvalue weighted by molar-refractivity contribution is 0.991. The van der Waals surface area contributed by atoms with Gasteiger partial charge in [-0.25, -0.2) is 9.97 Å². The Bertz CT molecular complexity index is 520. The Kier molecular flexibility index (Phi) is 2.40. The van der Waals surface area contributed by atoms with Crippen LogP contribution in [0, 0.1) is 6.92 Å². The van der Waals surface area contributed by atoms with Gasteiger partial charge in [-0.3, -0.25) is 0 Å². The Morgan fingerprint density at radius 2 is 2.00 bits per heavy atom. The Morgan fingerprint density at radius 3 is 2.81 bits per heavy atom. The highest BCUT2D eigenvalue weighted by atomic mass is 32.2. The maximum atomic E-state index is 4.61. The van der Waals surface area contributed by atoms with Crippen LogP contribution in [-0.2, 0) is 6.42 Å². The lowest BCUT2D eigenvalue weighted by atomic mass is 10.1. The minimum absolute atomic E-state index is 0.841. The van der Waals surface area contributed by atoms with Crippen molar-refractivity contribution in [1.29, 1.82) is 0 Å². The third-order valence-electron chi connectivity index (χ3n) is 2.74. The third-order valence-corrected chi connectivity index (χ3v) is 3.78. The number of thioether (sulfide) groups is 1. The highest BCUT2D eigenvalue weighted by Crippen LogP contribution is 2.30. The molecule has 3 heteroatoms. The highest BCUT2D eigenvalue weighted by Gasteiger charge is 2.14. The number of nitrogens with zero attached hydrogens (tertiary/aromatic N) is 2. The van der Waals surface area contributed by atoms with Crippen LogP contribution in [-0.4, -0.2) is 15.7 Å². The van der Waals surface area contributed by atoms with Crippen molar-refractivity contribution in [3.63, 3.8) is 0 Å². The molecule has 1 aliphatic heterocycles. The zero-order chi connectivity index (χ0) is 11.0. The average molecular weight is 228 g/mol. The predicted octanol–water partition coefficient (Wildman–Crippen LogP) is 3.10. The molecule has 0 saturated heterocycles. The van der Waals surface area contributed by atoms with E-state index in [0.717, 1.165) is 28.6 Å². The van der Waals surface area contributed by atoms with Crippen molar-refractivity contribution >= 4 is 11.8 Å². The molecular formula is C13H12N2S. The van der Waals surface area contributed by atoms with Crippen LogP contribution in [0.4, 0.5) is 0 Å². The molecule has 1 aromatic heterocycles. The van der Waals surface area contributed by atoms with Crippen molar-refractivity contribution in [2.45, 2.75) is 18.4 Å². The third kappa shape index (κ3) is 1.71. The maximum Gasteiger partial charge on any atom is 0.160 e. The van der Waals surface area contributed by atoms with Gasteiger partial charge in [0, 0.05) is 23.1 Å². The van der Waals surface area contributed by atoms with Gasteiger partial charge in [0.2, 0.25) is 0 Å². The Morgan fingerprint density at radius 1 is 1.19 bits per heavy atom. The van der Waals surface area contributed by atoms with Crippen molar-refractivity contribution < 1.29 is 0 Å². The molecule has 2 heterocycles. The van der Waals surface area contributed by atoms with Gasteiger partial charge < -0.3 is 0 Å². The van der Waals surface area contributed by atoms with E-state index < -0.39 is 0 Å². The number of aryl methyl sites for hydroxylation is 2. The summed E-state index contributed by atoms with van der Waals surface area (Å²) in [6.07, 6.45) is 3.08. The molecule has 1 aliphatic rings. The van der Waals surface area contributed by atoms with E-state index in [1.807, 2.05) is 18.0 Å². The van der Waals surface area contributed by atoms with Gasteiger partial charge in [0.25, 0.3) is 0 Å². The zero-order valence-electron chi connectivity index (χ0n) is 9.10. The van der Waals surface area contributed by atoms with Crippen molar-refractivity contribution in [3.8, 4) is 11.4 Å². The van der Waals surface area contributed by atoms with Crippen molar-refractivity contribution in [3.05, 3.63) is 41.6 Å². The first kappa shape index (κ1) is 9.85. The standard InChI is InChI=1S/C13H12N2S/c1-9-2-4-10(5-3-9)12-14-8-11-6-7-16-13(11)15-12/h2-5,8H,6-7H2,1H3. The van der Waals surface area contributed by atoms with Crippen LogP contribution in [0.2, 0.25) is 0 Å². The normalized spacial score (nSPS) is 13.8. The molecule has 1 aromatic carbocycles. The van der Waals surface area contributed by atoms with Gasteiger partial charge in [0.15, 0.2) is 5.82 Å². The number of aromatic nitrogens is 2. The first-order valence-electron chi connectivity index (χ1n) is 5.39. The lowest BCUT2D eigenvalue weighted by Gasteiger charge is -2.02. The molecule has 0 unspecified atom stereocenters. The Balaban J connectivity index is 2.03. The monoisotopic (exact) mass is 228 g/mol. The van der Waals surface area contributed by atoms with Crippen molar-refractivity contribution in [2.75, 3.05) is 5.75 Å². The quantitative estimate of drug-likeness (QED) is 0.701. The molecule has 0 radical (unpaired) electrons. The summed E-state index contributed by atoms with van der Waals surface area (Å²) in [6, 6.07) is 8.35. The summed E-state index contributed by atoms with van der Waals surface area (Å²) < 4.78 is 0. The molecule has 2 nitrogen and oxygen atoms in total. The molecule has 80 valence electrons. The summed E-state index contributed by atoms with van der Waals surface area (Å²) in [6.45, 7) is 2.09. The van der Waals surface area contributed by atoms with Gasteiger partial charge in [0.1, 0.15) is 5.03 Å². The Hall–Kier alpha value is -1.35. The molecule has 0 amide bonds. The molecule has 0 fully saturated rings. The van der Waals surface area contributed by atoms with Gasteiger partial charge in [0.05, 0.1) is 0 Å². The van der Waals surface area contributed by atoms with Crippen LogP contribution in [0.3, 0.4) is 0 Å². The first-order chi connectivity index (χ1) is 7.83. The first-order valence-corrected chi connectivity index (χ1v) is 6.37. The molecule has 0 N–H and O–H groups in total. The minimum Gasteiger partial charge on any atom is -0.236 e. The molecule has 0 saturated carbocycles. The fourth-order valence-electron chi connectivity index (χ4n) is 1.79. The smallest absolute Gasteiger partial charge is 0.160 e. The van der Waals surface area contributed by atoms with E-state index in [2.05, 4.69) is 41.2 Å². The van der Waals surface area contributed by atoms with E-state index in [9.17, 15) is 0 Å². The maximum absolute atomic E-state index is 4.61. The van der Waals surface area contributed by atoms with Gasteiger partial charge in [-0.15, -0.1) is 11.8 Å². The summed E-state index contributed by atoms with van der Waals surface area (Å²) in [5.74, 6) is 1.98. The van der Waals surface area contributed by atoms with Gasteiger partial charge in [-0.2, -0.15) is 0 Å². The number of fused-ring (bicyclic) bond motifs is 1. The van der Waals surface area contributed by atoms with E-state index >= 15 is 0 Å². The summed E-state index contributed by atoms with van der Waals surface area (Å²) in [5, 5.41) is 1.16. The Labute approximate surface area is 99.1 Å². The van der Waals surface area contributed by atoms with Crippen LogP contribution >= 0.6 is 11.8 Å². The second-order valence-electron chi connectivity index (χ2n) is 3.99. The molecule has 3 rings (SSSR count). The average Bonchev–Trinajstić information content (AvgIpc) is 2.77. The molecular weight excluding hydrogens is 216 g/mol. The SMILES string of the molecule is Cc1ccc(-c2ncc3c(n2)SCC3)cc1. The van der Waals surface area contributed by atoms with E-state index in [1.54, 1.807) is 0 Å². The fourth-order valence-corrected chi connectivity index (χ4v) is 2.79. The fraction of sp³-hybridized carbons (Fsp3) is 0.231. The second-order valence-corrected chi connectivity index (χ2v) is 5.07. The van der Waals surface area contributed by atoms with E-state index in [4.69, 9.17) is 0 Å². The lowest BCUT2D eigenvalue weighted by Crippen LogP contribution is -1.92. The topological polar surface area (TPSA) is 25.8 Å².